The Morgan fingerprint density at radius 2 is 1.43 bits per heavy atom. The van der Waals surface area contributed by atoms with Crippen molar-refractivity contribution in [3.63, 3.8) is 0 Å². The van der Waals surface area contributed by atoms with E-state index in [1.54, 1.807) is 12.1 Å². The topological polar surface area (TPSA) is 63.7 Å². The van der Waals surface area contributed by atoms with E-state index in [-0.39, 0.29) is 11.1 Å². The number of carbonyl (C=O) groups is 3. The predicted molar refractivity (Wildman–Crippen MR) is 77.0 cm³/mol. The van der Waals surface area contributed by atoms with Crippen molar-refractivity contribution in [1.29, 1.82) is 0 Å². The highest BCUT2D eigenvalue weighted by Gasteiger charge is 2.55. The van der Waals surface area contributed by atoms with Gasteiger partial charge in [0.2, 0.25) is 0 Å². The van der Waals surface area contributed by atoms with Crippen molar-refractivity contribution in [2.75, 3.05) is 0 Å². The van der Waals surface area contributed by atoms with Crippen molar-refractivity contribution >= 4 is 17.8 Å². The lowest BCUT2D eigenvalue weighted by Crippen LogP contribution is -2.49. The van der Waals surface area contributed by atoms with Gasteiger partial charge in [-0.3, -0.25) is 9.59 Å². The number of benzene rings is 1. The summed E-state index contributed by atoms with van der Waals surface area (Å²) >= 11 is 0. The van der Waals surface area contributed by atoms with Crippen molar-refractivity contribution in [1.82, 2.24) is 5.06 Å². The predicted octanol–water partition coefficient (Wildman–Crippen LogP) is 2.80. The first-order valence-electron chi connectivity index (χ1n) is 7.83. The molecule has 120 valence electrons. The van der Waals surface area contributed by atoms with Crippen LogP contribution in [-0.2, 0) is 9.63 Å². The van der Waals surface area contributed by atoms with Crippen molar-refractivity contribution in [3.8, 4) is 0 Å². The molecule has 6 heteroatoms. The molecule has 0 N–H and O–H groups in total. The largest absolute Gasteiger partial charge is 0.339 e. The molecule has 2 bridgehead atoms. The molecule has 1 aromatic carbocycles. The van der Waals surface area contributed by atoms with Gasteiger partial charge >= 0.3 is 5.97 Å². The van der Waals surface area contributed by atoms with Crippen LogP contribution in [0.25, 0.3) is 0 Å². The quantitative estimate of drug-likeness (QED) is 0.787. The van der Waals surface area contributed by atoms with Gasteiger partial charge in [0.25, 0.3) is 11.8 Å². The van der Waals surface area contributed by atoms with Gasteiger partial charge in [-0.15, -0.1) is 0 Å². The SMILES string of the molecule is O=C1c2ccccc2C(=O)N1OC(=O)C12CCC(F)(CC1)CC2. The van der Waals surface area contributed by atoms with E-state index in [1.165, 1.54) is 12.1 Å². The Hall–Kier alpha value is -2.24. The second-order valence-electron chi connectivity index (χ2n) is 6.76. The normalized spacial score (nSPS) is 32.1. The Kier molecular flexibility index (Phi) is 2.89. The maximum atomic E-state index is 14.2. The molecule has 0 aromatic heterocycles. The number of fused-ring (bicyclic) bond motifs is 4. The first-order valence-corrected chi connectivity index (χ1v) is 7.83. The minimum Gasteiger partial charge on any atom is -0.329 e. The number of hydrogen-bond acceptors (Lipinski definition) is 4. The number of carbonyl (C=O) groups excluding carboxylic acids is 3. The number of hydrogen-bond donors (Lipinski definition) is 0. The maximum Gasteiger partial charge on any atom is 0.339 e. The highest BCUT2D eigenvalue weighted by atomic mass is 19.1. The summed E-state index contributed by atoms with van der Waals surface area (Å²) in [4.78, 5) is 42.3. The van der Waals surface area contributed by atoms with E-state index in [0.717, 1.165) is 0 Å². The molecule has 0 atom stereocenters. The lowest BCUT2D eigenvalue weighted by Gasteiger charge is -2.47. The van der Waals surface area contributed by atoms with Crippen molar-refractivity contribution in [2.24, 2.45) is 5.41 Å². The van der Waals surface area contributed by atoms with E-state index in [4.69, 9.17) is 4.84 Å². The number of amides is 2. The third-order valence-electron chi connectivity index (χ3n) is 5.52. The zero-order chi connectivity index (χ0) is 16.2. The standard InChI is InChI=1S/C17H16FNO4/c18-17-8-5-16(6-9-17,7-10-17)15(22)23-19-13(20)11-3-1-2-4-12(11)14(19)21/h1-4H,5-10H2. The van der Waals surface area contributed by atoms with Crippen LogP contribution >= 0.6 is 0 Å². The van der Waals surface area contributed by atoms with Crippen LogP contribution in [0.1, 0.15) is 59.2 Å². The third kappa shape index (κ3) is 2.00. The van der Waals surface area contributed by atoms with Crippen molar-refractivity contribution in [2.45, 2.75) is 44.2 Å². The minimum absolute atomic E-state index is 0.234. The van der Waals surface area contributed by atoms with Crippen molar-refractivity contribution in [3.05, 3.63) is 35.4 Å². The molecule has 3 aliphatic carbocycles. The number of hydroxylamine groups is 2. The smallest absolute Gasteiger partial charge is 0.329 e. The molecule has 0 saturated heterocycles. The Morgan fingerprint density at radius 3 is 1.91 bits per heavy atom. The molecule has 3 saturated carbocycles. The van der Waals surface area contributed by atoms with Gasteiger partial charge in [-0.1, -0.05) is 17.2 Å². The Morgan fingerprint density at radius 1 is 0.957 bits per heavy atom. The lowest BCUT2D eigenvalue weighted by atomic mass is 9.59. The second kappa shape index (κ2) is 4.63. The lowest BCUT2D eigenvalue weighted by molar-refractivity contribution is -0.191. The van der Waals surface area contributed by atoms with Gasteiger partial charge in [0, 0.05) is 0 Å². The summed E-state index contributed by atoms with van der Waals surface area (Å²) < 4.78 is 14.2. The number of imide groups is 1. The molecule has 5 rings (SSSR count). The van der Waals surface area contributed by atoms with Gasteiger partial charge in [0.15, 0.2) is 0 Å². The van der Waals surface area contributed by atoms with Crippen LogP contribution < -0.4 is 0 Å². The fourth-order valence-corrected chi connectivity index (χ4v) is 3.88. The van der Waals surface area contributed by atoms with Gasteiger partial charge in [-0.25, -0.2) is 9.18 Å². The van der Waals surface area contributed by atoms with E-state index < -0.39 is 28.9 Å². The van der Waals surface area contributed by atoms with Crippen LogP contribution in [0.3, 0.4) is 0 Å². The van der Waals surface area contributed by atoms with E-state index in [2.05, 4.69) is 0 Å². The summed E-state index contributed by atoms with van der Waals surface area (Å²) in [5, 5.41) is 0.549. The molecule has 0 spiro atoms. The highest BCUT2D eigenvalue weighted by Crippen LogP contribution is 2.54. The Bertz CT molecular complexity index is 670. The number of nitrogens with zero attached hydrogens (tertiary/aromatic N) is 1. The summed E-state index contributed by atoms with van der Waals surface area (Å²) in [7, 11) is 0. The number of alkyl halides is 1. The molecule has 1 heterocycles. The first-order chi connectivity index (χ1) is 10.9. The average Bonchev–Trinajstić information content (AvgIpc) is 2.81. The fraction of sp³-hybridized carbons (Fsp3) is 0.471. The van der Waals surface area contributed by atoms with Gasteiger partial charge in [-0.2, -0.15) is 0 Å². The molecular weight excluding hydrogens is 301 g/mol. The van der Waals surface area contributed by atoms with Gasteiger partial charge < -0.3 is 4.84 Å². The van der Waals surface area contributed by atoms with Crippen LogP contribution in [0, 0.1) is 5.41 Å². The van der Waals surface area contributed by atoms with E-state index in [1.807, 2.05) is 0 Å². The zero-order valence-electron chi connectivity index (χ0n) is 12.5. The molecule has 0 radical (unpaired) electrons. The molecule has 2 amide bonds. The molecule has 5 nitrogen and oxygen atoms in total. The van der Waals surface area contributed by atoms with Gasteiger partial charge in [0.05, 0.1) is 16.5 Å². The van der Waals surface area contributed by atoms with Crippen LogP contribution in [0.4, 0.5) is 4.39 Å². The second-order valence-corrected chi connectivity index (χ2v) is 6.76. The van der Waals surface area contributed by atoms with Gasteiger partial charge in [-0.05, 0) is 50.7 Å². The summed E-state index contributed by atoms with van der Waals surface area (Å²) in [6, 6.07) is 6.36. The highest BCUT2D eigenvalue weighted by molar-refractivity contribution is 6.20. The van der Waals surface area contributed by atoms with E-state index in [9.17, 15) is 18.8 Å². The van der Waals surface area contributed by atoms with Crippen LogP contribution in [0.2, 0.25) is 0 Å². The summed E-state index contributed by atoms with van der Waals surface area (Å²) in [6.45, 7) is 0. The molecular formula is C17H16FNO4. The molecule has 1 aromatic rings. The number of halogens is 1. The molecule has 4 aliphatic rings. The van der Waals surface area contributed by atoms with Crippen molar-refractivity contribution < 1.29 is 23.6 Å². The zero-order valence-corrected chi connectivity index (χ0v) is 12.5. The van der Waals surface area contributed by atoms with E-state index in [0.29, 0.717) is 43.6 Å². The molecule has 0 unspecified atom stereocenters. The maximum absolute atomic E-state index is 14.2. The minimum atomic E-state index is -1.16. The fourth-order valence-electron chi connectivity index (χ4n) is 3.88. The summed E-state index contributed by atoms with van der Waals surface area (Å²) in [5.74, 6) is -1.84. The van der Waals surface area contributed by atoms with Crippen LogP contribution in [0.15, 0.2) is 24.3 Å². The summed E-state index contributed by atoms with van der Waals surface area (Å²) in [6.07, 6.45) is 2.24. The third-order valence-corrected chi connectivity index (χ3v) is 5.52. The van der Waals surface area contributed by atoms with Crippen LogP contribution in [-0.4, -0.2) is 28.5 Å². The Labute approximate surface area is 132 Å². The van der Waals surface area contributed by atoms with Crippen LogP contribution in [0.5, 0.6) is 0 Å². The monoisotopic (exact) mass is 317 g/mol. The molecule has 23 heavy (non-hydrogen) atoms. The summed E-state index contributed by atoms with van der Waals surface area (Å²) in [5.41, 5.74) is -1.45. The first kappa shape index (κ1) is 14.4. The Balaban J connectivity index is 1.54. The van der Waals surface area contributed by atoms with E-state index >= 15 is 0 Å². The molecule has 1 aliphatic heterocycles. The average molecular weight is 317 g/mol. The molecule has 3 fully saturated rings. The van der Waals surface area contributed by atoms with Gasteiger partial charge in [0.1, 0.15) is 5.67 Å². The number of rotatable bonds is 2.